The maximum Gasteiger partial charge on any atom is 0.418 e. The zero-order valence-corrected chi connectivity index (χ0v) is 30.0. The van der Waals surface area contributed by atoms with Gasteiger partial charge in [-0.3, -0.25) is 9.59 Å². The van der Waals surface area contributed by atoms with Gasteiger partial charge >= 0.3 is 18.4 Å². The fourth-order valence-corrected chi connectivity index (χ4v) is 9.28. The molecule has 3 saturated heterocycles. The van der Waals surface area contributed by atoms with E-state index in [0.717, 1.165) is 50.0 Å². The first kappa shape index (κ1) is 38.2. The number of likely N-dealkylation sites (tertiary alicyclic amines) is 3. The molecule has 0 spiro atoms. The van der Waals surface area contributed by atoms with Crippen LogP contribution in [-0.2, 0) is 34.8 Å². The van der Waals surface area contributed by atoms with Gasteiger partial charge in [-0.05, 0) is 112 Å². The van der Waals surface area contributed by atoms with E-state index in [2.05, 4.69) is 17.3 Å². The lowest BCUT2D eigenvalue weighted by molar-refractivity contribution is -0.143. The van der Waals surface area contributed by atoms with Gasteiger partial charge in [0.05, 0.1) is 28.4 Å². The topological polar surface area (TPSA) is 102 Å². The number of fused-ring (bicyclic) bond motifs is 1. The van der Waals surface area contributed by atoms with Crippen LogP contribution in [0.3, 0.4) is 0 Å². The predicted octanol–water partition coefficient (Wildman–Crippen LogP) is 6.58. The van der Waals surface area contributed by atoms with Crippen molar-refractivity contribution in [2.24, 2.45) is 17.8 Å². The molecule has 0 unspecified atom stereocenters. The largest absolute Gasteiger partial charge is 0.418 e. The minimum atomic E-state index is -5.16. The molecule has 4 aliphatic heterocycles. The normalized spacial score (nSPS) is 21.1. The van der Waals surface area contributed by atoms with E-state index in [4.69, 9.17) is 5.73 Å². The van der Waals surface area contributed by atoms with Gasteiger partial charge in [0.1, 0.15) is 0 Å². The van der Waals surface area contributed by atoms with Crippen LogP contribution >= 0.6 is 11.3 Å². The number of alkyl halides is 6. The maximum absolute atomic E-state index is 14.1. The van der Waals surface area contributed by atoms with Gasteiger partial charge < -0.3 is 30.7 Å². The summed E-state index contributed by atoms with van der Waals surface area (Å²) in [5, 5.41) is 6.86. The summed E-state index contributed by atoms with van der Waals surface area (Å²) in [5.74, 6) is -1.05. The smallest absolute Gasteiger partial charge is 0.398 e. The number of thiophene rings is 1. The molecule has 1 aromatic carbocycles. The minimum absolute atomic E-state index is 0.114. The predicted molar refractivity (Wildman–Crippen MR) is 186 cm³/mol. The number of nitrogens with one attached hydrogen (secondary N) is 1. The molecule has 16 heteroatoms. The number of urea groups is 1. The number of nitrogens with two attached hydrogens (primary N) is 1. The van der Waals surface area contributed by atoms with Gasteiger partial charge in [-0.25, -0.2) is 4.79 Å². The fourth-order valence-electron chi connectivity index (χ4n) is 8.45. The first-order chi connectivity index (χ1) is 24.6. The van der Waals surface area contributed by atoms with Crippen molar-refractivity contribution in [1.29, 1.82) is 0 Å². The van der Waals surface area contributed by atoms with Gasteiger partial charge in [0.25, 0.3) is 0 Å². The number of carbonyl (C=O) groups excluding carboxylic acids is 3. The van der Waals surface area contributed by atoms with Gasteiger partial charge in [0, 0.05) is 50.6 Å². The number of anilines is 2. The molecular formula is C36H46F6N6O3S. The Labute approximate surface area is 303 Å². The first-order valence-corrected chi connectivity index (χ1v) is 19.0. The third kappa shape index (κ3) is 8.64. The molecule has 5 heterocycles. The lowest BCUT2D eigenvalue weighted by Gasteiger charge is -2.40. The summed E-state index contributed by atoms with van der Waals surface area (Å²) in [4.78, 5) is 48.2. The van der Waals surface area contributed by atoms with E-state index < -0.39 is 53.3 Å². The highest BCUT2D eigenvalue weighted by Gasteiger charge is 2.42. The molecule has 1 atom stereocenters. The number of nitrogens with zero attached hydrogens (tertiary/aromatic N) is 4. The minimum Gasteiger partial charge on any atom is -0.398 e. The van der Waals surface area contributed by atoms with Crippen molar-refractivity contribution in [3.05, 3.63) is 45.1 Å². The Bertz CT molecular complexity index is 1570. The van der Waals surface area contributed by atoms with E-state index >= 15 is 0 Å². The molecular weight excluding hydrogens is 710 g/mol. The van der Waals surface area contributed by atoms with Crippen LogP contribution in [0.25, 0.3) is 0 Å². The Morgan fingerprint density at radius 3 is 1.98 bits per heavy atom. The highest BCUT2D eigenvalue weighted by atomic mass is 32.1. The van der Waals surface area contributed by atoms with Gasteiger partial charge in [-0.15, -0.1) is 11.3 Å². The number of carbonyl (C=O) groups is 3. The highest BCUT2D eigenvalue weighted by Crippen LogP contribution is 2.43. The second-order valence-corrected chi connectivity index (χ2v) is 15.5. The highest BCUT2D eigenvalue weighted by molar-refractivity contribution is 7.08. The molecule has 3 fully saturated rings. The Balaban J connectivity index is 1.16. The Kier molecular flexibility index (Phi) is 11.3. The first-order valence-electron chi connectivity index (χ1n) is 18.0. The average molecular weight is 757 g/mol. The second kappa shape index (κ2) is 15.4. The third-order valence-corrected chi connectivity index (χ3v) is 12.3. The third-order valence-electron chi connectivity index (χ3n) is 11.5. The van der Waals surface area contributed by atoms with Crippen molar-refractivity contribution >= 4 is 40.6 Å². The van der Waals surface area contributed by atoms with Crippen molar-refractivity contribution in [3.8, 4) is 0 Å². The Hall–Kier alpha value is -3.53. The fraction of sp³-hybridized carbons (Fsp3) is 0.639. The van der Waals surface area contributed by atoms with Gasteiger partial charge in [0.2, 0.25) is 11.8 Å². The molecule has 1 aromatic heterocycles. The van der Waals surface area contributed by atoms with Crippen LogP contribution in [0.1, 0.15) is 67.2 Å². The van der Waals surface area contributed by atoms with Crippen LogP contribution in [0.4, 0.5) is 42.5 Å². The SMILES string of the molecule is CN1CCC(C2CCN(C(=O)[C@H](CC(=O)N3CCC(N4CCc5cscc5NC4=O)CC3)Cc3cc(C(F)(F)F)c(N)c(C(F)(F)F)c3)CC2)CC1. The Morgan fingerprint density at radius 1 is 0.846 bits per heavy atom. The molecule has 4 aliphatic rings. The lowest BCUT2D eigenvalue weighted by Crippen LogP contribution is -2.50. The molecule has 0 saturated carbocycles. The molecule has 9 nitrogen and oxygen atoms in total. The molecule has 4 amide bonds. The molecule has 0 aliphatic carbocycles. The molecule has 6 rings (SSSR count). The van der Waals surface area contributed by atoms with Gasteiger partial charge in [-0.2, -0.15) is 26.3 Å². The van der Waals surface area contributed by atoms with E-state index in [1.165, 1.54) is 11.3 Å². The molecule has 286 valence electrons. The maximum atomic E-state index is 14.1. The monoisotopic (exact) mass is 756 g/mol. The van der Waals surface area contributed by atoms with E-state index in [-0.39, 0.29) is 24.1 Å². The van der Waals surface area contributed by atoms with Crippen molar-refractivity contribution < 1.29 is 40.7 Å². The van der Waals surface area contributed by atoms with Gasteiger partial charge in [0.15, 0.2) is 0 Å². The van der Waals surface area contributed by atoms with Crippen LogP contribution in [0.2, 0.25) is 0 Å². The number of hydrogen-bond donors (Lipinski definition) is 2. The van der Waals surface area contributed by atoms with Crippen LogP contribution in [-0.4, -0.2) is 96.3 Å². The summed E-state index contributed by atoms with van der Waals surface area (Å²) >= 11 is 1.52. The lowest BCUT2D eigenvalue weighted by atomic mass is 9.78. The molecule has 2 aromatic rings. The summed E-state index contributed by atoms with van der Waals surface area (Å²) in [6.45, 7) is 3.98. The summed E-state index contributed by atoms with van der Waals surface area (Å²) in [6, 6.07) is 0.819. The van der Waals surface area contributed by atoms with E-state index in [1.54, 1.807) is 14.7 Å². The number of benzene rings is 1. The zero-order valence-electron chi connectivity index (χ0n) is 29.2. The molecule has 3 N–H and O–H groups in total. The van der Waals surface area contributed by atoms with Crippen LogP contribution in [0.15, 0.2) is 22.9 Å². The van der Waals surface area contributed by atoms with Crippen molar-refractivity contribution in [2.45, 2.75) is 76.2 Å². The van der Waals surface area contributed by atoms with E-state index in [1.807, 2.05) is 10.8 Å². The quantitative estimate of drug-likeness (QED) is 0.246. The van der Waals surface area contributed by atoms with Crippen LogP contribution in [0.5, 0.6) is 0 Å². The zero-order chi connectivity index (χ0) is 37.4. The number of rotatable bonds is 7. The Morgan fingerprint density at radius 2 is 1.40 bits per heavy atom. The number of amides is 4. The van der Waals surface area contributed by atoms with Gasteiger partial charge in [-0.1, -0.05) is 0 Å². The number of nitrogen functional groups attached to an aromatic ring is 1. The molecule has 0 radical (unpaired) electrons. The van der Waals surface area contributed by atoms with Crippen molar-refractivity contribution in [1.82, 2.24) is 19.6 Å². The number of piperidine rings is 3. The number of halogens is 6. The van der Waals surface area contributed by atoms with Crippen molar-refractivity contribution in [3.63, 3.8) is 0 Å². The summed E-state index contributed by atoms with van der Waals surface area (Å²) in [5.41, 5.74) is 2.23. The molecule has 0 bridgehead atoms. The summed E-state index contributed by atoms with van der Waals surface area (Å²) < 4.78 is 83.4. The average Bonchev–Trinajstić information content (AvgIpc) is 3.47. The van der Waals surface area contributed by atoms with E-state index in [9.17, 15) is 40.7 Å². The van der Waals surface area contributed by atoms with Crippen molar-refractivity contribution in [2.75, 3.05) is 63.9 Å². The van der Waals surface area contributed by atoms with Crippen LogP contribution < -0.4 is 11.1 Å². The molecule has 52 heavy (non-hydrogen) atoms. The summed E-state index contributed by atoms with van der Waals surface area (Å²) in [6.07, 6.45) is -5.83. The second-order valence-electron chi connectivity index (χ2n) is 14.8. The number of hydrogen-bond acceptors (Lipinski definition) is 6. The standard InChI is InChI=1S/C36H46F6N6O3S/c1-45-9-2-23(3-10-45)24-4-11-47(12-5-24)33(50)26(16-22-17-28(35(37,38)39)32(43)29(18-22)36(40,41)42)19-31(49)46-13-7-27(8-14-46)48-15-6-25-20-52-21-30(25)44-34(48)51/h17-18,20-21,23-24,26-27H,2-16,19,43H2,1H3,(H,44,51)/t26-/m0/s1. The summed E-state index contributed by atoms with van der Waals surface area (Å²) in [7, 11) is 2.09. The van der Waals surface area contributed by atoms with Crippen LogP contribution in [0, 0.1) is 17.8 Å². The van der Waals surface area contributed by atoms with E-state index in [0.29, 0.717) is 76.0 Å².